The predicted octanol–water partition coefficient (Wildman–Crippen LogP) is -2.12. The molecule has 3 aliphatic rings. The molecule has 31 heavy (non-hydrogen) atoms. The number of imide groups is 1. The van der Waals surface area contributed by atoms with Crippen molar-refractivity contribution in [1.29, 1.82) is 0 Å². The minimum Gasteiger partial charge on any atom is -0.479 e. The number of hydrogen-bond acceptors (Lipinski definition) is 10. The number of azide groups is 1. The van der Waals surface area contributed by atoms with Crippen LogP contribution in [-0.4, -0.2) is 105 Å². The third-order valence-corrected chi connectivity index (χ3v) is 5.40. The predicted molar refractivity (Wildman–Crippen MR) is 95.9 cm³/mol. The normalized spacial score (nSPS) is 40.9. The second-order valence-electron chi connectivity index (χ2n) is 7.55. The molecule has 0 radical (unpaired) electrons. The Kier molecular flexibility index (Phi) is 6.96. The van der Waals surface area contributed by atoms with Gasteiger partial charge in [-0.2, -0.15) is 0 Å². The molecule has 3 aliphatic heterocycles. The molecule has 3 heterocycles. The molecular formula is C16H23N5O10. The summed E-state index contributed by atoms with van der Waals surface area (Å²) in [6.45, 7) is 1.39. The van der Waals surface area contributed by atoms with E-state index in [1.165, 1.54) is 4.90 Å². The first-order valence-corrected chi connectivity index (χ1v) is 9.49. The Morgan fingerprint density at radius 2 is 2.00 bits per heavy atom. The van der Waals surface area contributed by atoms with Crippen LogP contribution in [-0.2, 0) is 23.8 Å². The summed E-state index contributed by atoms with van der Waals surface area (Å²) in [5.74, 6) is -2.44. The quantitative estimate of drug-likeness (QED) is 0.170. The molecular weight excluding hydrogens is 422 g/mol. The van der Waals surface area contributed by atoms with Crippen molar-refractivity contribution in [3.05, 3.63) is 10.4 Å². The Balaban J connectivity index is 1.66. The topological polar surface area (TPSA) is 224 Å². The number of ether oxygens (including phenoxy) is 3. The zero-order valence-electron chi connectivity index (χ0n) is 16.3. The number of amides is 3. The summed E-state index contributed by atoms with van der Waals surface area (Å²) in [6.07, 6.45) is -10.5. The maximum atomic E-state index is 12.1. The van der Waals surface area contributed by atoms with Gasteiger partial charge in [0.1, 0.15) is 24.5 Å². The Hall–Kier alpha value is -2.52. The largest absolute Gasteiger partial charge is 0.479 e. The molecule has 0 bridgehead atoms. The number of carboxylic acid groups (broad SMARTS) is 1. The lowest BCUT2D eigenvalue weighted by Gasteiger charge is -2.38. The highest BCUT2D eigenvalue weighted by molar-refractivity contribution is 5.97. The smallest absolute Gasteiger partial charge is 0.335 e. The number of aliphatic hydroxyl groups excluding tert-OH is 3. The van der Waals surface area contributed by atoms with Crippen LogP contribution >= 0.6 is 0 Å². The summed E-state index contributed by atoms with van der Waals surface area (Å²) in [6, 6.07) is -1.43. The Bertz CT molecular complexity index is 776. The molecule has 172 valence electrons. The standard InChI is InChI=1S/C16H23N5O10/c1-5-3-21(16(28)18-13(5)25)8-2-6(19-20-17)7(30-8)4-29-15-11(24)9(22)10(23)12(31-15)14(26)27/h5-12,15,22-24H,2-4H2,1H3,(H,26,27)(H,18,25,28)/t5?,6-,7-,8-,9+,10+,11+,12?,15-/m1/s1. The van der Waals surface area contributed by atoms with Gasteiger partial charge in [-0.25, -0.2) is 9.59 Å². The molecule has 0 saturated carbocycles. The molecule has 3 saturated heterocycles. The van der Waals surface area contributed by atoms with Gasteiger partial charge in [-0.3, -0.25) is 15.0 Å². The van der Waals surface area contributed by atoms with E-state index in [2.05, 4.69) is 15.3 Å². The first-order chi connectivity index (χ1) is 14.6. The van der Waals surface area contributed by atoms with Crippen LogP contribution in [0.5, 0.6) is 0 Å². The van der Waals surface area contributed by atoms with Gasteiger partial charge in [0.05, 0.1) is 24.7 Å². The van der Waals surface area contributed by atoms with E-state index in [1.807, 2.05) is 0 Å². The van der Waals surface area contributed by atoms with Crippen LogP contribution in [0.15, 0.2) is 5.11 Å². The van der Waals surface area contributed by atoms with E-state index in [1.54, 1.807) is 6.92 Å². The highest BCUT2D eigenvalue weighted by atomic mass is 16.7. The summed E-state index contributed by atoms with van der Waals surface area (Å²) in [5.41, 5.74) is 8.82. The van der Waals surface area contributed by atoms with Gasteiger partial charge in [0.25, 0.3) is 0 Å². The van der Waals surface area contributed by atoms with E-state index >= 15 is 0 Å². The molecule has 3 fully saturated rings. The minimum absolute atomic E-state index is 0.0979. The van der Waals surface area contributed by atoms with Crippen LogP contribution in [0.4, 0.5) is 4.79 Å². The molecule has 2 unspecified atom stereocenters. The molecule has 0 aliphatic carbocycles. The lowest BCUT2D eigenvalue weighted by atomic mass is 9.99. The number of nitrogens with one attached hydrogen (secondary N) is 1. The molecule has 5 N–H and O–H groups in total. The van der Waals surface area contributed by atoms with Crippen molar-refractivity contribution in [2.75, 3.05) is 13.2 Å². The molecule has 0 spiro atoms. The van der Waals surface area contributed by atoms with Gasteiger partial charge >= 0.3 is 12.0 Å². The summed E-state index contributed by atoms with van der Waals surface area (Å²) < 4.78 is 16.2. The lowest BCUT2D eigenvalue weighted by Crippen LogP contribution is -2.60. The average molecular weight is 445 g/mol. The van der Waals surface area contributed by atoms with Crippen molar-refractivity contribution in [3.8, 4) is 0 Å². The summed E-state index contributed by atoms with van der Waals surface area (Å²) in [7, 11) is 0. The monoisotopic (exact) mass is 445 g/mol. The summed E-state index contributed by atoms with van der Waals surface area (Å²) in [4.78, 5) is 39.0. The van der Waals surface area contributed by atoms with E-state index in [-0.39, 0.29) is 19.6 Å². The van der Waals surface area contributed by atoms with Gasteiger partial charge in [0, 0.05) is 17.9 Å². The van der Waals surface area contributed by atoms with Crippen molar-refractivity contribution < 1.29 is 49.0 Å². The van der Waals surface area contributed by atoms with Gasteiger partial charge in [0.15, 0.2) is 12.4 Å². The fraction of sp³-hybridized carbons (Fsp3) is 0.812. The Morgan fingerprint density at radius 1 is 1.29 bits per heavy atom. The first-order valence-electron chi connectivity index (χ1n) is 9.49. The van der Waals surface area contributed by atoms with Crippen molar-refractivity contribution in [1.82, 2.24) is 10.2 Å². The minimum atomic E-state index is -1.86. The van der Waals surface area contributed by atoms with Crippen LogP contribution in [0.3, 0.4) is 0 Å². The lowest BCUT2D eigenvalue weighted by molar-refractivity contribution is -0.298. The van der Waals surface area contributed by atoms with E-state index in [9.17, 15) is 29.7 Å². The number of carboxylic acids is 1. The summed E-state index contributed by atoms with van der Waals surface area (Å²) >= 11 is 0. The van der Waals surface area contributed by atoms with Crippen molar-refractivity contribution in [2.24, 2.45) is 11.0 Å². The maximum absolute atomic E-state index is 12.1. The van der Waals surface area contributed by atoms with Crippen molar-refractivity contribution >= 4 is 17.9 Å². The van der Waals surface area contributed by atoms with Crippen LogP contribution in [0.25, 0.3) is 10.4 Å². The van der Waals surface area contributed by atoms with E-state index in [0.29, 0.717) is 0 Å². The number of urea groups is 1. The van der Waals surface area contributed by atoms with E-state index in [4.69, 9.17) is 24.8 Å². The van der Waals surface area contributed by atoms with Gasteiger partial charge in [-0.05, 0) is 5.53 Å². The fourth-order valence-corrected chi connectivity index (χ4v) is 3.63. The van der Waals surface area contributed by atoms with Crippen LogP contribution in [0.1, 0.15) is 13.3 Å². The van der Waals surface area contributed by atoms with E-state index < -0.39 is 72.9 Å². The Morgan fingerprint density at radius 3 is 2.65 bits per heavy atom. The van der Waals surface area contributed by atoms with Crippen LogP contribution in [0, 0.1) is 5.92 Å². The molecule has 15 nitrogen and oxygen atoms in total. The van der Waals surface area contributed by atoms with Gasteiger partial charge in [0.2, 0.25) is 5.91 Å². The molecule has 9 atom stereocenters. The van der Waals surface area contributed by atoms with Crippen LogP contribution < -0.4 is 5.32 Å². The number of aliphatic hydroxyl groups is 3. The van der Waals surface area contributed by atoms with Gasteiger partial charge < -0.3 is 34.6 Å². The molecule has 15 heteroatoms. The van der Waals surface area contributed by atoms with Crippen molar-refractivity contribution in [3.63, 3.8) is 0 Å². The third-order valence-electron chi connectivity index (χ3n) is 5.40. The zero-order valence-corrected chi connectivity index (χ0v) is 16.3. The number of nitrogens with zero attached hydrogens (tertiary/aromatic N) is 4. The zero-order chi connectivity index (χ0) is 22.9. The molecule has 3 amide bonds. The van der Waals surface area contributed by atoms with E-state index in [0.717, 1.165) is 0 Å². The van der Waals surface area contributed by atoms with Crippen LogP contribution in [0.2, 0.25) is 0 Å². The molecule has 0 aromatic carbocycles. The SMILES string of the molecule is CC1CN([C@H]2C[C@@H](N=[N+]=[N-])[C@@H](CO[C@@H]3OC(C(=O)O)[C@@H](O)[C@H](O)[C@@H]3O)O2)C(=O)NC1=O. The first kappa shape index (κ1) is 23.1. The molecule has 0 aromatic heterocycles. The average Bonchev–Trinajstić information content (AvgIpc) is 3.11. The summed E-state index contributed by atoms with van der Waals surface area (Å²) in [5, 5.41) is 44.5. The highest BCUT2D eigenvalue weighted by Gasteiger charge is 2.48. The molecule has 3 rings (SSSR count). The second kappa shape index (κ2) is 9.32. The highest BCUT2D eigenvalue weighted by Crippen LogP contribution is 2.29. The fourth-order valence-electron chi connectivity index (χ4n) is 3.63. The maximum Gasteiger partial charge on any atom is 0.335 e. The number of carbonyl (C=O) groups excluding carboxylic acids is 2. The second-order valence-corrected chi connectivity index (χ2v) is 7.55. The number of carbonyl (C=O) groups is 3. The van der Waals surface area contributed by atoms with Gasteiger partial charge in [-0.15, -0.1) is 0 Å². The number of hydrogen-bond donors (Lipinski definition) is 5. The van der Waals surface area contributed by atoms with Gasteiger partial charge in [-0.1, -0.05) is 12.0 Å². The number of aliphatic carboxylic acids is 1. The number of rotatable bonds is 6. The Labute approximate surface area is 175 Å². The van der Waals surface area contributed by atoms with Crippen molar-refractivity contribution in [2.45, 2.75) is 62.4 Å². The third kappa shape index (κ3) is 4.72. The molecule has 0 aromatic rings.